The average Bonchev–Trinajstić information content (AvgIpc) is 2.39. The summed E-state index contributed by atoms with van der Waals surface area (Å²) in [7, 11) is 0. The topological polar surface area (TPSA) is 59.2 Å². The number of pyridine rings is 1. The number of aromatic nitrogens is 1. The second-order valence-electron chi connectivity index (χ2n) is 4.13. The van der Waals surface area contributed by atoms with Crippen molar-refractivity contribution in [2.24, 2.45) is 0 Å². The van der Waals surface area contributed by atoms with Crippen LogP contribution in [0.2, 0.25) is 0 Å². The summed E-state index contributed by atoms with van der Waals surface area (Å²) in [6.45, 7) is 6.13. The largest absolute Gasteiger partial charge is 0.383 e. The van der Waals surface area contributed by atoms with Crippen LogP contribution in [0.15, 0.2) is 24.3 Å². The fraction of sp³-hybridized carbons (Fsp3) is 0.286. The molecule has 0 spiro atoms. The molecular formula is C14H17N3O. The summed E-state index contributed by atoms with van der Waals surface area (Å²) in [5.41, 5.74) is 8.12. The molecule has 94 valence electrons. The number of benzene rings is 1. The average molecular weight is 243 g/mol. The van der Waals surface area contributed by atoms with Crippen LogP contribution < -0.4 is 10.6 Å². The highest BCUT2D eigenvalue weighted by Crippen LogP contribution is 2.23. The molecule has 4 nitrogen and oxygen atoms in total. The van der Waals surface area contributed by atoms with E-state index < -0.39 is 0 Å². The quantitative estimate of drug-likeness (QED) is 0.838. The Bertz CT molecular complexity index is 577. The first kappa shape index (κ1) is 12.4. The minimum Gasteiger partial charge on any atom is -0.383 e. The van der Waals surface area contributed by atoms with E-state index in [4.69, 9.17) is 5.73 Å². The van der Waals surface area contributed by atoms with Crippen LogP contribution in [0.4, 0.5) is 11.5 Å². The zero-order valence-electron chi connectivity index (χ0n) is 10.7. The first-order valence-electron chi connectivity index (χ1n) is 6.10. The van der Waals surface area contributed by atoms with Crippen LogP contribution in [-0.4, -0.2) is 24.4 Å². The summed E-state index contributed by atoms with van der Waals surface area (Å²) in [6.07, 6.45) is 0.736. The summed E-state index contributed by atoms with van der Waals surface area (Å²) in [4.78, 5) is 17.3. The third-order valence-corrected chi connectivity index (χ3v) is 3.12. The van der Waals surface area contributed by atoms with Crippen LogP contribution in [0.5, 0.6) is 0 Å². The Balaban J connectivity index is 2.55. The Morgan fingerprint density at radius 1 is 1.28 bits per heavy atom. The van der Waals surface area contributed by atoms with E-state index in [0.29, 0.717) is 5.56 Å². The number of carbonyl (C=O) groups excluding carboxylic acids is 1. The second-order valence-corrected chi connectivity index (χ2v) is 4.13. The Kier molecular flexibility index (Phi) is 3.46. The summed E-state index contributed by atoms with van der Waals surface area (Å²) in [5.74, 6) is 0.286. The fourth-order valence-corrected chi connectivity index (χ4v) is 2.07. The van der Waals surface area contributed by atoms with Gasteiger partial charge < -0.3 is 10.6 Å². The lowest BCUT2D eigenvalue weighted by Crippen LogP contribution is -2.21. The highest BCUT2D eigenvalue weighted by molar-refractivity contribution is 5.92. The molecule has 0 aliphatic rings. The van der Waals surface area contributed by atoms with Crippen LogP contribution in [-0.2, 0) is 0 Å². The highest BCUT2D eigenvalue weighted by Gasteiger charge is 2.06. The van der Waals surface area contributed by atoms with Gasteiger partial charge in [-0.2, -0.15) is 0 Å². The second kappa shape index (κ2) is 5.04. The first-order valence-corrected chi connectivity index (χ1v) is 6.10. The summed E-state index contributed by atoms with van der Waals surface area (Å²) in [6, 6.07) is 7.80. The van der Waals surface area contributed by atoms with Gasteiger partial charge in [0.05, 0.1) is 11.1 Å². The molecule has 2 N–H and O–H groups in total. The number of rotatable bonds is 4. The molecule has 1 aromatic carbocycles. The predicted octanol–water partition coefficient (Wildman–Crippen LogP) is 2.48. The van der Waals surface area contributed by atoms with Gasteiger partial charge in [0.2, 0.25) is 0 Å². The number of carbonyl (C=O) groups is 1. The molecule has 0 amide bonds. The van der Waals surface area contributed by atoms with Gasteiger partial charge in [-0.3, -0.25) is 4.79 Å². The number of nitrogens with two attached hydrogens (primary N) is 1. The number of fused-ring (bicyclic) bond motifs is 1. The monoisotopic (exact) mass is 243 g/mol. The Morgan fingerprint density at radius 3 is 2.61 bits per heavy atom. The van der Waals surface area contributed by atoms with E-state index in [9.17, 15) is 4.79 Å². The molecule has 0 saturated carbocycles. The zero-order valence-corrected chi connectivity index (χ0v) is 10.7. The van der Waals surface area contributed by atoms with Gasteiger partial charge in [-0.15, -0.1) is 0 Å². The molecule has 0 bridgehead atoms. The molecule has 0 aliphatic heterocycles. The fourth-order valence-electron chi connectivity index (χ4n) is 2.07. The maximum absolute atomic E-state index is 10.8. The lowest BCUT2D eigenvalue weighted by molar-refractivity contribution is 0.112. The molecule has 0 saturated heterocycles. The molecule has 0 unspecified atom stereocenters. The van der Waals surface area contributed by atoms with Crippen LogP contribution in [0.25, 0.3) is 10.9 Å². The Morgan fingerprint density at radius 2 is 2.00 bits per heavy atom. The number of hydrogen-bond donors (Lipinski definition) is 1. The minimum absolute atomic E-state index is 0.286. The number of aldehydes is 1. The molecule has 1 aromatic heterocycles. The maximum Gasteiger partial charge on any atom is 0.153 e. The number of nitrogens with zero attached hydrogens (tertiary/aromatic N) is 2. The van der Waals surface area contributed by atoms with E-state index >= 15 is 0 Å². The lowest BCUT2D eigenvalue weighted by atomic mass is 10.1. The van der Waals surface area contributed by atoms with Gasteiger partial charge in [-0.05, 0) is 32.0 Å². The predicted molar refractivity (Wildman–Crippen MR) is 75.1 cm³/mol. The number of hydrogen-bond acceptors (Lipinski definition) is 4. The van der Waals surface area contributed by atoms with Gasteiger partial charge in [0.25, 0.3) is 0 Å². The SMILES string of the molecule is CCN(CC)c1ccc2cc(C=O)c(N)nc2c1. The lowest BCUT2D eigenvalue weighted by Gasteiger charge is -2.21. The summed E-state index contributed by atoms with van der Waals surface area (Å²) < 4.78 is 0. The van der Waals surface area contributed by atoms with Crippen molar-refractivity contribution in [2.75, 3.05) is 23.7 Å². The molecule has 0 fully saturated rings. The van der Waals surface area contributed by atoms with E-state index in [1.807, 2.05) is 18.2 Å². The van der Waals surface area contributed by atoms with Gasteiger partial charge in [0.1, 0.15) is 5.82 Å². The molecule has 18 heavy (non-hydrogen) atoms. The summed E-state index contributed by atoms with van der Waals surface area (Å²) >= 11 is 0. The van der Waals surface area contributed by atoms with Crippen molar-refractivity contribution < 1.29 is 4.79 Å². The Hall–Kier alpha value is -2.10. The van der Waals surface area contributed by atoms with Crippen LogP contribution in [0, 0.1) is 0 Å². The maximum atomic E-state index is 10.8. The van der Waals surface area contributed by atoms with E-state index in [0.717, 1.165) is 36.0 Å². The number of nitrogen functional groups attached to an aromatic ring is 1. The van der Waals surface area contributed by atoms with Gasteiger partial charge in [0, 0.05) is 24.2 Å². The van der Waals surface area contributed by atoms with Gasteiger partial charge in [-0.25, -0.2) is 4.98 Å². The van der Waals surface area contributed by atoms with Crippen molar-refractivity contribution in [3.8, 4) is 0 Å². The van der Waals surface area contributed by atoms with E-state index in [-0.39, 0.29) is 5.82 Å². The van der Waals surface area contributed by atoms with Crippen molar-refractivity contribution in [1.82, 2.24) is 4.98 Å². The van der Waals surface area contributed by atoms with Gasteiger partial charge >= 0.3 is 0 Å². The van der Waals surface area contributed by atoms with Crippen molar-refractivity contribution in [1.29, 1.82) is 0 Å². The van der Waals surface area contributed by atoms with Crippen LogP contribution in [0.3, 0.4) is 0 Å². The zero-order chi connectivity index (χ0) is 13.1. The van der Waals surface area contributed by atoms with Crippen molar-refractivity contribution in [3.05, 3.63) is 29.8 Å². The molecule has 1 heterocycles. The molecular weight excluding hydrogens is 226 g/mol. The third kappa shape index (κ3) is 2.14. The summed E-state index contributed by atoms with van der Waals surface area (Å²) in [5, 5.41) is 0.933. The molecule has 2 aromatic rings. The Labute approximate surface area is 106 Å². The van der Waals surface area contributed by atoms with Crippen molar-refractivity contribution in [3.63, 3.8) is 0 Å². The van der Waals surface area contributed by atoms with Gasteiger partial charge in [-0.1, -0.05) is 6.07 Å². The molecule has 0 aliphatic carbocycles. The van der Waals surface area contributed by atoms with Gasteiger partial charge in [0.15, 0.2) is 6.29 Å². The van der Waals surface area contributed by atoms with Crippen LogP contribution >= 0.6 is 0 Å². The van der Waals surface area contributed by atoms with Crippen LogP contribution in [0.1, 0.15) is 24.2 Å². The highest BCUT2D eigenvalue weighted by atomic mass is 16.1. The third-order valence-electron chi connectivity index (χ3n) is 3.12. The van der Waals surface area contributed by atoms with Crippen molar-refractivity contribution >= 4 is 28.7 Å². The molecule has 2 rings (SSSR count). The minimum atomic E-state index is 0.286. The van der Waals surface area contributed by atoms with E-state index in [1.165, 1.54) is 0 Å². The van der Waals surface area contributed by atoms with E-state index in [2.05, 4.69) is 23.7 Å². The molecule has 0 atom stereocenters. The standard InChI is InChI=1S/C14H17N3O/c1-3-17(4-2)12-6-5-10-7-11(9-18)14(15)16-13(10)8-12/h5-9H,3-4H2,1-2H3,(H2,15,16). The van der Waals surface area contributed by atoms with E-state index in [1.54, 1.807) is 6.07 Å². The smallest absolute Gasteiger partial charge is 0.153 e. The normalized spacial score (nSPS) is 10.6. The number of anilines is 2. The molecule has 0 radical (unpaired) electrons. The molecule has 4 heteroatoms. The van der Waals surface area contributed by atoms with Crippen molar-refractivity contribution in [2.45, 2.75) is 13.8 Å². The first-order chi connectivity index (χ1) is 8.69.